The van der Waals surface area contributed by atoms with Crippen molar-refractivity contribution in [3.63, 3.8) is 0 Å². The van der Waals surface area contributed by atoms with Crippen LogP contribution in [0.3, 0.4) is 0 Å². The molecule has 0 spiro atoms. The number of aromatic nitrogens is 2. The first-order valence-electron chi connectivity index (χ1n) is 6.27. The van der Waals surface area contributed by atoms with Crippen LogP contribution in [-0.4, -0.2) is 46.4 Å². The van der Waals surface area contributed by atoms with Crippen LogP contribution in [0.15, 0.2) is 0 Å². The molecule has 1 amide bonds. The summed E-state index contributed by atoms with van der Waals surface area (Å²) in [6.45, 7) is 3.04. The second kappa shape index (κ2) is 4.05. The van der Waals surface area contributed by atoms with Crippen molar-refractivity contribution in [2.75, 3.05) is 13.6 Å². The molecule has 2 aliphatic heterocycles. The predicted molar refractivity (Wildman–Crippen MR) is 64.1 cm³/mol. The maximum absolute atomic E-state index is 13.7. The van der Waals surface area contributed by atoms with Crippen LogP contribution >= 0.6 is 0 Å². The van der Waals surface area contributed by atoms with E-state index in [1.165, 1.54) is 4.90 Å². The predicted octanol–water partition coefficient (Wildman–Crippen LogP) is 0.341. The molecule has 1 aromatic heterocycles. The van der Waals surface area contributed by atoms with E-state index in [0.29, 0.717) is 18.3 Å². The standard InChI is InChI=1S/C12H17FN4O/c1-7-3-10-9(4-14-7)11-12(18)16(2)5-8(13)6-17(11)15-10/h7-8,14H,3-6H2,1-2H3/t7-,8+/m1/s1. The van der Waals surface area contributed by atoms with Gasteiger partial charge >= 0.3 is 0 Å². The first kappa shape index (κ1) is 11.6. The molecule has 18 heavy (non-hydrogen) atoms. The second-order valence-electron chi connectivity index (χ2n) is 5.22. The number of amides is 1. The minimum absolute atomic E-state index is 0.125. The largest absolute Gasteiger partial charge is 0.337 e. The summed E-state index contributed by atoms with van der Waals surface area (Å²) < 4.78 is 15.3. The Kier molecular flexibility index (Phi) is 2.62. The molecule has 98 valence electrons. The summed E-state index contributed by atoms with van der Waals surface area (Å²) in [4.78, 5) is 13.7. The van der Waals surface area contributed by atoms with Crippen LogP contribution < -0.4 is 5.32 Å². The van der Waals surface area contributed by atoms with E-state index in [9.17, 15) is 9.18 Å². The molecular formula is C12H17FN4O. The van der Waals surface area contributed by atoms with E-state index in [-0.39, 0.29) is 19.0 Å². The smallest absolute Gasteiger partial charge is 0.272 e. The van der Waals surface area contributed by atoms with Gasteiger partial charge in [0.1, 0.15) is 11.9 Å². The highest BCUT2D eigenvalue weighted by Gasteiger charge is 2.32. The van der Waals surface area contributed by atoms with Gasteiger partial charge in [0.2, 0.25) is 0 Å². The maximum Gasteiger partial charge on any atom is 0.272 e. The van der Waals surface area contributed by atoms with Gasteiger partial charge in [0.25, 0.3) is 5.91 Å². The molecule has 6 heteroatoms. The van der Waals surface area contributed by atoms with E-state index in [1.807, 2.05) is 0 Å². The first-order chi connectivity index (χ1) is 8.56. The molecule has 0 saturated heterocycles. The lowest BCUT2D eigenvalue weighted by Crippen LogP contribution is -2.35. The van der Waals surface area contributed by atoms with Gasteiger partial charge in [-0.2, -0.15) is 5.10 Å². The van der Waals surface area contributed by atoms with Gasteiger partial charge in [0.15, 0.2) is 0 Å². The fourth-order valence-electron chi connectivity index (χ4n) is 2.71. The monoisotopic (exact) mass is 252 g/mol. The summed E-state index contributed by atoms with van der Waals surface area (Å²) in [5.41, 5.74) is 2.44. The number of carbonyl (C=O) groups is 1. The Morgan fingerprint density at radius 3 is 3.00 bits per heavy atom. The number of nitrogens with zero attached hydrogens (tertiary/aromatic N) is 3. The average Bonchev–Trinajstić information content (AvgIpc) is 2.59. The van der Waals surface area contributed by atoms with E-state index < -0.39 is 6.17 Å². The fourth-order valence-corrected chi connectivity index (χ4v) is 2.71. The SMILES string of the molecule is C[C@@H]1Cc2nn3c(c2CN1)C(=O)N(C)C[C@H](F)C3. The molecule has 0 bridgehead atoms. The van der Waals surface area contributed by atoms with Gasteiger partial charge < -0.3 is 10.2 Å². The van der Waals surface area contributed by atoms with Crippen LogP contribution in [0.25, 0.3) is 0 Å². The minimum Gasteiger partial charge on any atom is -0.337 e. The van der Waals surface area contributed by atoms with Gasteiger partial charge in [-0.3, -0.25) is 9.48 Å². The highest BCUT2D eigenvalue weighted by molar-refractivity contribution is 5.94. The zero-order valence-electron chi connectivity index (χ0n) is 10.6. The molecular weight excluding hydrogens is 235 g/mol. The number of alkyl halides is 1. The Morgan fingerprint density at radius 2 is 2.22 bits per heavy atom. The highest BCUT2D eigenvalue weighted by atomic mass is 19.1. The van der Waals surface area contributed by atoms with Crippen LogP contribution in [0.1, 0.15) is 28.7 Å². The number of rotatable bonds is 0. The van der Waals surface area contributed by atoms with Gasteiger partial charge in [-0.15, -0.1) is 0 Å². The molecule has 0 radical (unpaired) electrons. The molecule has 3 heterocycles. The zero-order valence-corrected chi connectivity index (χ0v) is 10.6. The Labute approximate surface area is 105 Å². The van der Waals surface area contributed by atoms with E-state index >= 15 is 0 Å². The summed E-state index contributed by atoms with van der Waals surface area (Å²) in [6, 6.07) is 0.352. The molecule has 3 rings (SSSR count). The fraction of sp³-hybridized carbons (Fsp3) is 0.667. The van der Waals surface area contributed by atoms with E-state index in [2.05, 4.69) is 17.3 Å². The van der Waals surface area contributed by atoms with Crippen LogP contribution in [-0.2, 0) is 19.5 Å². The Bertz CT molecular complexity index is 499. The Hall–Kier alpha value is -1.43. The number of fused-ring (bicyclic) bond motifs is 3. The van der Waals surface area contributed by atoms with Crippen LogP contribution in [0.5, 0.6) is 0 Å². The van der Waals surface area contributed by atoms with Gasteiger partial charge in [0.05, 0.1) is 18.8 Å². The molecule has 1 N–H and O–H groups in total. The molecule has 2 atom stereocenters. The van der Waals surface area contributed by atoms with Crippen molar-refractivity contribution >= 4 is 5.91 Å². The topological polar surface area (TPSA) is 50.2 Å². The summed E-state index contributed by atoms with van der Waals surface area (Å²) in [7, 11) is 1.64. The number of hydrogen-bond donors (Lipinski definition) is 1. The second-order valence-corrected chi connectivity index (χ2v) is 5.22. The molecule has 0 aromatic carbocycles. The molecule has 0 unspecified atom stereocenters. The lowest BCUT2D eigenvalue weighted by Gasteiger charge is -2.20. The Morgan fingerprint density at radius 1 is 1.44 bits per heavy atom. The Balaban J connectivity index is 2.09. The molecule has 0 fully saturated rings. The summed E-state index contributed by atoms with van der Waals surface area (Å²) in [5.74, 6) is -0.125. The molecule has 0 aliphatic carbocycles. The molecule has 1 aromatic rings. The number of halogens is 1. The third-order valence-electron chi connectivity index (χ3n) is 3.65. The van der Waals surface area contributed by atoms with Gasteiger partial charge in [-0.25, -0.2) is 4.39 Å². The summed E-state index contributed by atoms with van der Waals surface area (Å²) in [6.07, 6.45) is -0.254. The third-order valence-corrected chi connectivity index (χ3v) is 3.65. The molecule has 2 aliphatic rings. The van der Waals surface area contributed by atoms with Gasteiger partial charge in [0, 0.05) is 31.6 Å². The third kappa shape index (κ3) is 1.71. The number of nitrogens with one attached hydrogen (secondary N) is 1. The normalized spacial score (nSPS) is 27.7. The van der Waals surface area contributed by atoms with Crippen molar-refractivity contribution < 1.29 is 9.18 Å². The lowest BCUT2D eigenvalue weighted by molar-refractivity contribution is 0.0768. The van der Waals surface area contributed by atoms with E-state index in [0.717, 1.165) is 17.7 Å². The van der Waals surface area contributed by atoms with E-state index in [4.69, 9.17) is 0 Å². The van der Waals surface area contributed by atoms with Crippen molar-refractivity contribution in [2.24, 2.45) is 0 Å². The lowest BCUT2D eigenvalue weighted by atomic mass is 10.0. The number of hydrogen-bond acceptors (Lipinski definition) is 3. The zero-order chi connectivity index (χ0) is 12.9. The molecule has 0 saturated carbocycles. The summed E-state index contributed by atoms with van der Waals surface area (Å²) in [5, 5.41) is 7.75. The van der Waals surface area contributed by atoms with Crippen LogP contribution in [0.2, 0.25) is 0 Å². The van der Waals surface area contributed by atoms with Crippen molar-refractivity contribution in [3.05, 3.63) is 17.0 Å². The summed E-state index contributed by atoms with van der Waals surface area (Å²) >= 11 is 0. The van der Waals surface area contributed by atoms with Crippen molar-refractivity contribution in [3.8, 4) is 0 Å². The van der Waals surface area contributed by atoms with Crippen molar-refractivity contribution in [2.45, 2.75) is 38.6 Å². The minimum atomic E-state index is -1.05. The van der Waals surface area contributed by atoms with Gasteiger partial charge in [-0.1, -0.05) is 0 Å². The van der Waals surface area contributed by atoms with Crippen LogP contribution in [0, 0.1) is 0 Å². The molecule has 5 nitrogen and oxygen atoms in total. The van der Waals surface area contributed by atoms with Gasteiger partial charge in [-0.05, 0) is 6.92 Å². The quantitative estimate of drug-likeness (QED) is 0.724. The number of carbonyl (C=O) groups excluding carboxylic acids is 1. The maximum atomic E-state index is 13.7. The first-order valence-corrected chi connectivity index (χ1v) is 6.27. The van der Waals surface area contributed by atoms with Crippen molar-refractivity contribution in [1.82, 2.24) is 20.0 Å². The highest BCUT2D eigenvalue weighted by Crippen LogP contribution is 2.24. The van der Waals surface area contributed by atoms with E-state index in [1.54, 1.807) is 11.7 Å². The van der Waals surface area contributed by atoms with Crippen molar-refractivity contribution in [1.29, 1.82) is 0 Å². The average molecular weight is 252 g/mol. The van der Waals surface area contributed by atoms with Crippen LogP contribution in [0.4, 0.5) is 4.39 Å².